The quantitative estimate of drug-likeness (QED) is 0.909. The van der Waals surface area contributed by atoms with Crippen molar-refractivity contribution in [1.29, 1.82) is 0 Å². The van der Waals surface area contributed by atoms with Gasteiger partial charge in [-0.1, -0.05) is 13.8 Å². The number of carboxylic acid groups (broad SMARTS) is 1. The van der Waals surface area contributed by atoms with Gasteiger partial charge in [-0.15, -0.1) is 0 Å². The first-order chi connectivity index (χ1) is 8.85. The summed E-state index contributed by atoms with van der Waals surface area (Å²) in [6.07, 6.45) is 6.89. The van der Waals surface area contributed by atoms with Crippen LogP contribution in [0.4, 0.5) is 0 Å². The van der Waals surface area contributed by atoms with Crippen molar-refractivity contribution in [3.63, 3.8) is 0 Å². The molecule has 0 unspecified atom stereocenters. The Morgan fingerprint density at radius 1 is 1.37 bits per heavy atom. The second kappa shape index (κ2) is 4.99. The summed E-state index contributed by atoms with van der Waals surface area (Å²) in [4.78, 5) is 11.7. The van der Waals surface area contributed by atoms with Gasteiger partial charge in [-0.05, 0) is 50.0 Å². The third kappa shape index (κ3) is 2.99. The summed E-state index contributed by atoms with van der Waals surface area (Å²) in [6, 6.07) is 1.97. The van der Waals surface area contributed by atoms with Crippen LogP contribution in [0.5, 0.6) is 0 Å². The van der Waals surface area contributed by atoms with Gasteiger partial charge in [-0.3, -0.25) is 9.48 Å². The van der Waals surface area contributed by atoms with Crippen molar-refractivity contribution < 1.29 is 9.90 Å². The molecule has 0 amide bonds. The molecule has 1 N–H and O–H groups in total. The Balaban J connectivity index is 2.05. The highest BCUT2D eigenvalue weighted by molar-refractivity contribution is 5.74. The Labute approximate surface area is 114 Å². The van der Waals surface area contributed by atoms with E-state index in [-0.39, 0.29) is 0 Å². The van der Waals surface area contributed by atoms with E-state index in [1.165, 1.54) is 0 Å². The lowest BCUT2D eigenvalue weighted by Crippen LogP contribution is -2.38. The monoisotopic (exact) mass is 264 g/mol. The minimum absolute atomic E-state index is 0.297. The first-order valence-corrected chi connectivity index (χ1v) is 7.05. The zero-order chi connectivity index (χ0) is 14.1. The summed E-state index contributed by atoms with van der Waals surface area (Å²) >= 11 is 0. The highest BCUT2D eigenvalue weighted by atomic mass is 16.4. The molecule has 4 heteroatoms. The number of rotatable bonds is 4. The second-order valence-corrected chi connectivity index (χ2v) is 6.70. The third-order valence-electron chi connectivity index (χ3n) is 4.80. The maximum Gasteiger partial charge on any atom is 0.309 e. The average Bonchev–Trinajstić information content (AvgIpc) is 2.74. The largest absolute Gasteiger partial charge is 0.481 e. The van der Waals surface area contributed by atoms with Gasteiger partial charge in [0.25, 0.3) is 0 Å². The van der Waals surface area contributed by atoms with E-state index in [1.54, 1.807) is 6.20 Å². The number of aryl methyl sites for hydroxylation is 2. The molecule has 1 aliphatic rings. The summed E-state index contributed by atoms with van der Waals surface area (Å²) in [5.74, 6) is -0.620. The van der Waals surface area contributed by atoms with Crippen LogP contribution in [0.1, 0.15) is 51.6 Å². The maximum atomic E-state index is 11.7. The van der Waals surface area contributed by atoms with Crippen molar-refractivity contribution >= 4 is 5.97 Å². The Bertz CT molecular complexity index is 452. The SMILES string of the molecule is Cn1nccc1CCC1(C(=O)O)CCC(C)(C)CC1. The summed E-state index contributed by atoms with van der Waals surface area (Å²) in [5, 5.41) is 13.8. The zero-order valence-corrected chi connectivity index (χ0v) is 12.1. The number of nitrogens with zero attached hydrogens (tertiary/aromatic N) is 2. The van der Waals surface area contributed by atoms with Gasteiger partial charge in [0.2, 0.25) is 0 Å². The third-order valence-corrected chi connectivity index (χ3v) is 4.80. The van der Waals surface area contributed by atoms with E-state index in [0.29, 0.717) is 5.41 Å². The number of carbonyl (C=O) groups is 1. The van der Waals surface area contributed by atoms with Crippen LogP contribution in [0.25, 0.3) is 0 Å². The molecule has 1 heterocycles. The normalized spacial score (nSPS) is 21.2. The Kier molecular flexibility index (Phi) is 3.70. The van der Waals surface area contributed by atoms with Crippen LogP contribution in [-0.4, -0.2) is 20.9 Å². The van der Waals surface area contributed by atoms with Crippen LogP contribution in [0, 0.1) is 10.8 Å². The number of carboxylic acids is 1. The van der Waals surface area contributed by atoms with Crippen LogP contribution >= 0.6 is 0 Å². The van der Waals surface area contributed by atoms with Crippen molar-refractivity contribution in [3.05, 3.63) is 18.0 Å². The fourth-order valence-corrected chi connectivity index (χ4v) is 2.99. The molecule has 0 aliphatic heterocycles. The first kappa shape index (κ1) is 14.1. The molecule has 19 heavy (non-hydrogen) atoms. The molecule has 4 nitrogen and oxygen atoms in total. The van der Waals surface area contributed by atoms with E-state index in [1.807, 2.05) is 17.8 Å². The van der Waals surface area contributed by atoms with Crippen LogP contribution in [0.15, 0.2) is 12.3 Å². The van der Waals surface area contributed by atoms with E-state index in [4.69, 9.17) is 0 Å². The molecule has 1 aliphatic carbocycles. The van der Waals surface area contributed by atoms with Crippen LogP contribution < -0.4 is 0 Å². The predicted molar refractivity (Wildman–Crippen MR) is 73.8 cm³/mol. The van der Waals surface area contributed by atoms with Gasteiger partial charge in [0.15, 0.2) is 0 Å². The van der Waals surface area contributed by atoms with Crippen molar-refractivity contribution in [3.8, 4) is 0 Å². The Morgan fingerprint density at radius 3 is 2.47 bits per heavy atom. The molecule has 2 rings (SSSR count). The maximum absolute atomic E-state index is 11.7. The molecular formula is C15H24N2O2. The van der Waals surface area contributed by atoms with Gasteiger partial charge in [0.05, 0.1) is 5.41 Å². The van der Waals surface area contributed by atoms with Crippen molar-refractivity contribution in [2.24, 2.45) is 17.9 Å². The number of hydrogen-bond acceptors (Lipinski definition) is 2. The van der Waals surface area contributed by atoms with Crippen LogP contribution in [-0.2, 0) is 18.3 Å². The number of aliphatic carboxylic acids is 1. The molecule has 1 fully saturated rings. The minimum atomic E-state index is -0.620. The average molecular weight is 264 g/mol. The summed E-state index contributed by atoms with van der Waals surface area (Å²) in [5.41, 5.74) is 0.885. The summed E-state index contributed by atoms with van der Waals surface area (Å²) in [7, 11) is 1.91. The highest BCUT2D eigenvalue weighted by Gasteiger charge is 2.43. The van der Waals surface area contributed by atoms with Crippen LogP contribution in [0.2, 0.25) is 0 Å². The smallest absolute Gasteiger partial charge is 0.309 e. The van der Waals surface area contributed by atoms with E-state index in [9.17, 15) is 9.90 Å². The number of hydrogen-bond donors (Lipinski definition) is 1. The molecular weight excluding hydrogens is 240 g/mol. The topological polar surface area (TPSA) is 55.1 Å². The first-order valence-electron chi connectivity index (χ1n) is 7.05. The Morgan fingerprint density at radius 2 is 2.00 bits per heavy atom. The molecule has 106 valence electrons. The molecule has 0 radical (unpaired) electrons. The number of aromatic nitrogens is 2. The van der Waals surface area contributed by atoms with Gasteiger partial charge in [0, 0.05) is 18.9 Å². The predicted octanol–water partition coefficient (Wildman–Crippen LogP) is 3.02. The lowest BCUT2D eigenvalue weighted by molar-refractivity contribution is -0.153. The lowest BCUT2D eigenvalue weighted by atomic mass is 9.63. The lowest BCUT2D eigenvalue weighted by Gasteiger charge is -2.41. The van der Waals surface area contributed by atoms with Crippen LogP contribution in [0.3, 0.4) is 0 Å². The molecule has 1 aromatic rings. The second-order valence-electron chi connectivity index (χ2n) is 6.70. The summed E-state index contributed by atoms with van der Waals surface area (Å²) < 4.78 is 1.84. The van der Waals surface area contributed by atoms with Gasteiger partial charge in [-0.25, -0.2) is 0 Å². The highest BCUT2D eigenvalue weighted by Crippen LogP contribution is 2.47. The van der Waals surface area contributed by atoms with E-state index < -0.39 is 11.4 Å². The zero-order valence-electron chi connectivity index (χ0n) is 12.1. The summed E-state index contributed by atoms with van der Waals surface area (Å²) in [6.45, 7) is 4.47. The molecule has 1 saturated carbocycles. The van der Waals surface area contributed by atoms with Gasteiger partial charge in [0.1, 0.15) is 0 Å². The molecule has 0 atom stereocenters. The van der Waals surface area contributed by atoms with Crippen molar-refractivity contribution in [2.45, 2.75) is 52.4 Å². The van der Waals surface area contributed by atoms with Gasteiger partial charge < -0.3 is 5.11 Å². The van der Waals surface area contributed by atoms with Crippen molar-refractivity contribution in [2.75, 3.05) is 0 Å². The molecule has 1 aromatic heterocycles. The molecule has 0 spiro atoms. The standard InChI is InChI=1S/C15H24N2O2/c1-14(2)7-9-15(10-8-14,13(18)19)6-4-12-5-11-16-17(12)3/h5,11H,4,6-10H2,1-3H3,(H,18,19). The Hall–Kier alpha value is -1.32. The van der Waals surface area contributed by atoms with E-state index in [0.717, 1.165) is 44.2 Å². The molecule has 0 saturated heterocycles. The van der Waals surface area contributed by atoms with E-state index >= 15 is 0 Å². The van der Waals surface area contributed by atoms with E-state index in [2.05, 4.69) is 18.9 Å². The fraction of sp³-hybridized carbons (Fsp3) is 0.733. The fourth-order valence-electron chi connectivity index (χ4n) is 2.99. The molecule has 0 aromatic carbocycles. The van der Waals surface area contributed by atoms with Gasteiger partial charge >= 0.3 is 5.97 Å². The van der Waals surface area contributed by atoms with Crippen molar-refractivity contribution in [1.82, 2.24) is 9.78 Å². The minimum Gasteiger partial charge on any atom is -0.481 e. The molecule has 0 bridgehead atoms. The van der Waals surface area contributed by atoms with Gasteiger partial charge in [-0.2, -0.15) is 5.10 Å².